The zero-order valence-electron chi connectivity index (χ0n) is 35.3. The first-order chi connectivity index (χ1) is 28.7. The Morgan fingerprint density at radius 3 is 1.51 bits per heavy atom. The van der Waals surface area contributed by atoms with Crippen LogP contribution >= 0.6 is 0 Å². The molecule has 0 atom stereocenters. The highest BCUT2D eigenvalue weighted by atomic mass is 16.3. The molecular formula is C50H32O. The predicted molar refractivity (Wildman–Crippen MR) is 216 cm³/mol. The topological polar surface area (TPSA) is 13.1 Å². The van der Waals surface area contributed by atoms with Gasteiger partial charge in [0.2, 0.25) is 0 Å². The first-order valence-electron chi connectivity index (χ1n) is 20.9. The minimum absolute atomic E-state index is 0.108. The summed E-state index contributed by atoms with van der Waals surface area (Å²) in [5, 5.41) is 4.98. The van der Waals surface area contributed by atoms with E-state index in [9.17, 15) is 4.11 Å². The summed E-state index contributed by atoms with van der Waals surface area (Å²) in [7, 11) is 0. The average molecular weight is 657 g/mol. The largest absolute Gasteiger partial charge is 0.456 e. The van der Waals surface area contributed by atoms with E-state index in [0.29, 0.717) is 33.4 Å². The molecule has 1 heteroatoms. The van der Waals surface area contributed by atoms with Crippen molar-refractivity contribution in [2.24, 2.45) is 0 Å². The van der Waals surface area contributed by atoms with E-state index < -0.39 is 18.1 Å². The molecule has 51 heavy (non-hydrogen) atoms. The van der Waals surface area contributed by atoms with E-state index in [2.05, 4.69) is 12.1 Å². The number of benzene rings is 9. The summed E-state index contributed by atoms with van der Waals surface area (Å²) in [6.07, 6.45) is 0. The third-order valence-electron chi connectivity index (χ3n) is 9.61. The summed E-state index contributed by atoms with van der Waals surface area (Å²) >= 11 is 0. The van der Waals surface area contributed by atoms with E-state index in [1.54, 1.807) is 12.1 Å². The second-order valence-electron chi connectivity index (χ2n) is 12.6. The molecule has 1 aromatic heterocycles. The summed E-state index contributed by atoms with van der Waals surface area (Å²) in [6, 6.07) is 44.9. The molecule has 9 aromatic carbocycles. The highest BCUT2D eigenvalue weighted by molar-refractivity contribution is 6.26. The van der Waals surface area contributed by atoms with Gasteiger partial charge in [-0.2, -0.15) is 0 Å². The van der Waals surface area contributed by atoms with Crippen LogP contribution in [0.5, 0.6) is 0 Å². The number of hydrogen-bond donors (Lipinski definition) is 0. The minimum atomic E-state index is -0.443. The number of fused-ring (bicyclic) bond motifs is 5. The van der Waals surface area contributed by atoms with Crippen LogP contribution in [0.15, 0.2) is 198 Å². The quantitative estimate of drug-likeness (QED) is 0.168. The maximum Gasteiger partial charge on any atom is 0.136 e. The highest BCUT2D eigenvalue weighted by Gasteiger charge is 2.21. The first kappa shape index (κ1) is 22.1. The molecule has 0 spiro atoms. The third-order valence-corrected chi connectivity index (χ3v) is 9.61. The van der Waals surface area contributed by atoms with Gasteiger partial charge in [0.15, 0.2) is 0 Å². The fourth-order valence-corrected chi connectivity index (χ4v) is 7.36. The van der Waals surface area contributed by atoms with E-state index in [0.717, 1.165) is 60.1 Å². The predicted octanol–water partition coefficient (Wildman–Crippen LogP) is 14.2. The van der Waals surface area contributed by atoms with Crippen LogP contribution in [-0.4, -0.2) is 0 Å². The normalized spacial score (nSPS) is 13.7. The van der Waals surface area contributed by atoms with Crippen molar-refractivity contribution in [1.82, 2.24) is 0 Å². The van der Waals surface area contributed by atoms with Crippen LogP contribution in [0.2, 0.25) is 0 Å². The van der Waals surface area contributed by atoms with Crippen molar-refractivity contribution in [1.29, 1.82) is 0 Å². The van der Waals surface area contributed by atoms with Gasteiger partial charge in [-0.3, -0.25) is 0 Å². The van der Waals surface area contributed by atoms with Gasteiger partial charge in [-0.1, -0.05) is 158 Å². The Labute approximate surface area is 307 Å². The van der Waals surface area contributed by atoms with Crippen LogP contribution in [0.4, 0.5) is 0 Å². The molecule has 0 fully saturated rings. The van der Waals surface area contributed by atoms with E-state index in [-0.39, 0.29) is 35.8 Å². The third kappa shape index (κ3) is 4.94. The van der Waals surface area contributed by atoms with Gasteiger partial charge in [0.1, 0.15) is 11.2 Å². The Hall–Kier alpha value is -6.70. The van der Waals surface area contributed by atoms with Crippen molar-refractivity contribution in [2.75, 3.05) is 0 Å². The molecule has 10 rings (SSSR count). The fourth-order valence-electron chi connectivity index (χ4n) is 7.36. The second kappa shape index (κ2) is 12.0. The van der Waals surface area contributed by atoms with Gasteiger partial charge in [-0.25, -0.2) is 0 Å². The smallest absolute Gasteiger partial charge is 0.136 e. The molecule has 0 aliphatic rings. The Morgan fingerprint density at radius 1 is 0.353 bits per heavy atom. The van der Waals surface area contributed by atoms with E-state index in [4.69, 9.17) is 11.3 Å². The van der Waals surface area contributed by atoms with Gasteiger partial charge in [0, 0.05) is 10.8 Å². The average Bonchev–Trinajstić information content (AvgIpc) is 3.64. The standard InChI is InChI=1S/C50H32O/c1-4-15-33(16-5-1)36-27-28-46-45(32-36)50-44(25-14-26-47(50)51-46)49-42-23-12-10-21-40(42)48(41-22-11-13-24-43(41)49)39-30-37(34-17-6-2-7-18-34)29-38(31-39)35-19-8-3-9-20-35/h1-32H/i1D,4D,5D,15D,16D,29D,30D,31D. The Morgan fingerprint density at radius 2 is 0.902 bits per heavy atom. The van der Waals surface area contributed by atoms with Gasteiger partial charge < -0.3 is 4.42 Å². The summed E-state index contributed by atoms with van der Waals surface area (Å²) in [6.45, 7) is 0. The van der Waals surface area contributed by atoms with Crippen LogP contribution in [0.1, 0.15) is 11.0 Å². The molecule has 0 saturated heterocycles. The molecular weight excluding hydrogens is 617 g/mol. The SMILES string of the molecule is [2H]c1c([2H])c([2H])c(-c2ccc3oc4cccc(-c5c6ccccc6c(-c6c([2H])c(-c7ccccc7)c([2H])c(-c7ccccc7)c6[2H])c6ccccc56)c4c3c2)c([2H])c1[2H]. The highest BCUT2D eigenvalue weighted by Crippen LogP contribution is 2.48. The van der Waals surface area contributed by atoms with Crippen molar-refractivity contribution in [3.05, 3.63) is 194 Å². The summed E-state index contributed by atoms with van der Waals surface area (Å²) in [5.41, 5.74) is 7.13. The lowest BCUT2D eigenvalue weighted by atomic mass is 9.83. The molecule has 0 bridgehead atoms. The number of rotatable bonds is 5. The maximum atomic E-state index is 9.85. The number of furan rings is 1. The molecule has 0 aliphatic carbocycles. The van der Waals surface area contributed by atoms with E-state index in [1.807, 2.05) is 121 Å². The van der Waals surface area contributed by atoms with Crippen LogP contribution in [0.3, 0.4) is 0 Å². The molecule has 0 radical (unpaired) electrons. The molecule has 1 nitrogen and oxygen atoms in total. The van der Waals surface area contributed by atoms with Crippen LogP contribution < -0.4 is 0 Å². The van der Waals surface area contributed by atoms with Crippen LogP contribution in [0, 0.1) is 0 Å². The van der Waals surface area contributed by atoms with E-state index in [1.165, 1.54) is 0 Å². The van der Waals surface area contributed by atoms with Gasteiger partial charge in [0.05, 0.1) is 11.0 Å². The lowest BCUT2D eigenvalue weighted by Gasteiger charge is -2.19. The van der Waals surface area contributed by atoms with Crippen molar-refractivity contribution in [3.8, 4) is 55.6 Å². The fraction of sp³-hybridized carbons (Fsp3) is 0. The molecule has 0 N–H and O–H groups in total. The van der Waals surface area contributed by atoms with Gasteiger partial charge in [0.25, 0.3) is 0 Å². The summed E-state index contributed by atoms with van der Waals surface area (Å²) in [5.74, 6) is 0. The van der Waals surface area contributed by atoms with E-state index >= 15 is 0 Å². The zero-order valence-corrected chi connectivity index (χ0v) is 27.3. The lowest BCUT2D eigenvalue weighted by molar-refractivity contribution is 0.669. The van der Waals surface area contributed by atoms with Crippen molar-refractivity contribution in [2.45, 2.75) is 0 Å². The second-order valence-corrected chi connectivity index (χ2v) is 12.6. The Bertz CT molecular complexity index is 3200. The van der Waals surface area contributed by atoms with Crippen molar-refractivity contribution < 1.29 is 15.4 Å². The Balaban J connectivity index is 1.31. The maximum absolute atomic E-state index is 9.85. The molecule has 10 aromatic rings. The molecule has 0 unspecified atom stereocenters. The number of hydrogen-bond acceptors (Lipinski definition) is 1. The molecule has 0 amide bonds. The molecule has 0 aliphatic heterocycles. The zero-order chi connectivity index (χ0) is 40.7. The van der Waals surface area contributed by atoms with Gasteiger partial charge in [-0.05, 0) is 114 Å². The monoisotopic (exact) mass is 656 g/mol. The molecule has 238 valence electrons. The molecule has 0 saturated carbocycles. The lowest BCUT2D eigenvalue weighted by Crippen LogP contribution is -1.92. The van der Waals surface area contributed by atoms with Crippen molar-refractivity contribution >= 4 is 43.5 Å². The first-order valence-corrected chi connectivity index (χ1v) is 16.9. The summed E-state index contributed by atoms with van der Waals surface area (Å²) in [4.78, 5) is 0. The molecule has 1 heterocycles. The minimum Gasteiger partial charge on any atom is -0.456 e. The van der Waals surface area contributed by atoms with Crippen molar-refractivity contribution in [3.63, 3.8) is 0 Å². The van der Waals surface area contributed by atoms with Crippen LogP contribution in [0.25, 0.3) is 99.1 Å². The van der Waals surface area contributed by atoms with Gasteiger partial charge in [-0.15, -0.1) is 0 Å². The Kier molecular flexibility index (Phi) is 5.21. The van der Waals surface area contributed by atoms with Crippen LogP contribution in [-0.2, 0) is 0 Å². The van der Waals surface area contributed by atoms with Gasteiger partial charge >= 0.3 is 0 Å². The summed E-state index contributed by atoms with van der Waals surface area (Å²) < 4.78 is 77.8.